The van der Waals surface area contributed by atoms with Crippen molar-refractivity contribution in [2.45, 2.75) is 31.5 Å². The summed E-state index contributed by atoms with van der Waals surface area (Å²) in [5.74, 6) is 1.47. The first-order valence-corrected chi connectivity index (χ1v) is 9.23. The predicted octanol–water partition coefficient (Wildman–Crippen LogP) is 1.35. The number of benzene rings is 1. The predicted molar refractivity (Wildman–Crippen MR) is 103 cm³/mol. The van der Waals surface area contributed by atoms with Crippen LogP contribution in [-0.4, -0.2) is 44.3 Å². The Morgan fingerprint density at radius 1 is 1.25 bits per heavy atom. The summed E-state index contributed by atoms with van der Waals surface area (Å²) in [5, 5.41) is 21.6. The van der Waals surface area contributed by atoms with Crippen LogP contribution in [0.1, 0.15) is 35.4 Å². The number of amides is 1. The molecule has 0 bridgehead atoms. The maximum Gasteiger partial charge on any atom is 0.245 e. The van der Waals surface area contributed by atoms with Crippen LogP contribution in [0.5, 0.6) is 0 Å². The lowest BCUT2D eigenvalue weighted by molar-refractivity contribution is -0.121. The zero-order valence-corrected chi connectivity index (χ0v) is 15.5. The number of hydrogen-bond donors (Lipinski definition) is 3. The molecule has 1 amide bonds. The van der Waals surface area contributed by atoms with E-state index in [0.717, 1.165) is 11.1 Å². The average molecular weight is 378 g/mol. The van der Waals surface area contributed by atoms with E-state index in [4.69, 9.17) is 0 Å². The Morgan fingerprint density at radius 2 is 2.07 bits per heavy atom. The third-order valence-electron chi connectivity index (χ3n) is 4.90. The standard InChI is InChI=1S/C20H22N6O2/c1-26-18-14(8-5-11-21-18)9-10-15(20(26)28)22-19(27)17-23-16(24-25-17)12-13-6-3-2-4-7-13/h2-8,11,15,19,22,27H,9-10,12H2,1H3,(H,23,24,25)/t15-,19?/m0/s1. The molecule has 0 fully saturated rings. The lowest BCUT2D eigenvalue weighted by Crippen LogP contribution is -2.46. The van der Waals surface area contributed by atoms with E-state index in [0.29, 0.717) is 36.7 Å². The second-order valence-corrected chi connectivity index (χ2v) is 6.86. The van der Waals surface area contributed by atoms with Gasteiger partial charge >= 0.3 is 0 Å². The van der Waals surface area contributed by atoms with E-state index in [-0.39, 0.29) is 5.91 Å². The minimum absolute atomic E-state index is 0.138. The Balaban J connectivity index is 1.44. The Kier molecular flexibility index (Phi) is 5.14. The number of pyridine rings is 1. The number of aryl methyl sites for hydroxylation is 1. The summed E-state index contributed by atoms with van der Waals surface area (Å²) >= 11 is 0. The van der Waals surface area contributed by atoms with Gasteiger partial charge in [0.15, 0.2) is 12.1 Å². The summed E-state index contributed by atoms with van der Waals surface area (Å²) in [7, 11) is 1.70. The van der Waals surface area contributed by atoms with Crippen molar-refractivity contribution in [3.8, 4) is 0 Å². The Hall–Kier alpha value is -3.10. The van der Waals surface area contributed by atoms with Crippen molar-refractivity contribution in [2.75, 3.05) is 11.9 Å². The quantitative estimate of drug-likeness (QED) is 0.579. The zero-order chi connectivity index (χ0) is 19.5. The van der Waals surface area contributed by atoms with E-state index in [1.807, 2.05) is 42.5 Å². The molecule has 3 heterocycles. The highest BCUT2D eigenvalue weighted by atomic mass is 16.3. The molecule has 3 aromatic rings. The Bertz CT molecular complexity index is 958. The second kappa shape index (κ2) is 7.87. The van der Waals surface area contributed by atoms with Gasteiger partial charge in [0.25, 0.3) is 0 Å². The molecule has 8 nitrogen and oxygen atoms in total. The second-order valence-electron chi connectivity index (χ2n) is 6.86. The molecule has 1 aliphatic heterocycles. The van der Waals surface area contributed by atoms with Crippen LogP contribution < -0.4 is 10.2 Å². The number of fused-ring (bicyclic) bond motifs is 1. The number of aromatic amines is 1. The van der Waals surface area contributed by atoms with E-state index in [1.54, 1.807) is 13.2 Å². The lowest BCUT2D eigenvalue weighted by Gasteiger charge is -2.22. The summed E-state index contributed by atoms with van der Waals surface area (Å²) < 4.78 is 0. The third kappa shape index (κ3) is 3.78. The largest absolute Gasteiger partial charge is 0.371 e. The number of nitrogens with zero attached hydrogens (tertiary/aromatic N) is 4. The first kappa shape index (κ1) is 18.3. The van der Waals surface area contributed by atoms with Crippen LogP contribution in [-0.2, 0) is 17.6 Å². The highest BCUT2D eigenvalue weighted by Gasteiger charge is 2.31. The number of hydrogen-bond acceptors (Lipinski definition) is 6. The smallest absolute Gasteiger partial charge is 0.245 e. The van der Waals surface area contributed by atoms with Gasteiger partial charge in [-0.1, -0.05) is 36.4 Å². The maximum atomic E-state index is 12.8. The molecule has 0 aliphatic carbocycles. The molecule has 1 aliphatic rings. The topological polar surface area (TPSA) is 107 Å². The van der Waals surface area contributed by atoms with Crippen LogP contribution in [0.25, 0.3) is 0 Å². The highest BCUT2D eigenvalue weighted by Crippen LogP contribution is 2.24. The zero-order valence-electron chi connectivity index (χ0n) is 15.5. The molecule has 2 aromatic heterocycles. The van der Waals surface area contributed by atoms with Gasteiger partial charge in [-0.2, -0.15) is 0 Å². The number of likely N-dealkylation sites (N-methyl/N-ethyl adjacent to an activating group) is 1. The van der Waals surface area contributed by atoms with Crippen molar-refractivity contribution in [2.24, 2.45) is 0 Å². The number of nitrogens with one attached hydrogen (secondary N) is 2. The number of aliphatic hydroxyl groups excluding tert-OH is 1. The molecule has 28 heavy (non-hydrogen) atoms. The van der Waals surface area contributed by atoms with Crippen LogP contribution in [0, 0.1) is 0 Å². The third-order valence-corrected chi connectivity index (χ3v) is 4.90. The summed E-state index contributed by atoms with van der Waals surface area (Å²) in [4.78, 5) is 21.7. The molecule has 0 radical (unpaired) electrons. The molecule has 144 valence electrons. The average Bonchev–Trinajstić information content (AvgIpc) is 3.15. The van der Waals surface area contributed by atoms with Crippen LogP contribution >= 0.6 is 0 Å². The fraction of sp³-hybridized carbons (Fsp3) is 0.300. The molecule has 1 aromatic carbocycles. The SMILES string of the molecule is CN1C(=O)[C@@H](NC(O)c2nnc(Cc3ccccc3)[nH]2)CCc2cccnc21. The molecule has 0 saturated heterocycles. The Morgan fingerprint density at radius 3 is 2.89 bits per heavy atom. The molecule has 0 saturated carbocycles. The molecule has 4 rings (SSSR count). The van der Waals surface area contributed by atoms with Crippen LogP contribution in [0.4, 0.5) is 5.82 Å². The van der Waals surface area contributed by atoms with E-state index >= 15 is 0 Å². The monoisotopic (exact) mass is 378 g/mol. The van der Waals surface area contributed by atoms with E-state index in [2.05, 4.69) is 25.5 Å². The maximum absolute atomic E-state index is 12.8. The van der Waals surface area contributed by atoms with Gasteiger partial charge in [0, 0.05) is 19.7 Å². The molecule has 0 spiro atoms. The number of aromatic nitrogens is 4. The van der Waals surface area contributed by atoms with Crippen molar-refractivity contribution in [3.63, 3.8) is 0 Å². The van der Waals surface area contributed by atoms with Gasteiger partial charge in [-0.05, 0) is 30.0 Å². The van der Waals surface area contributed by atoms with Gasteiger partial charge in [0.1, 0.15) is 11.6 Å². The van der Waals surface area contributed by atoms with Gasteiger partial charge in [-0.15, -0.1) is 10.2 Å². The van der Waals surface area contributed by atoms with Crippen molar-refractivity contribution < 1.29 is 9.90 Å². The first-order chi connectivity index (χ1) is 13.6. The molecule has 2 atom stereocenters. The number of rotatable bonds is 5. The van der Waals surface area contributed by atoms with E-state index in [9.17, 15) is 9.90 Å². The van der Waals surface area contributed by atoms with Gasteiger partial charge < -0.3 is 10.1 Å². The summed E-state index contributed by atoms with van der Waals surface area (Å²) in [6.07, 6.45) is 2.40. The molecule has 3 N–H and O–H groups in total. The normalized spacial score (nSPS) is 17.9. The van der Waals surface area contributed by atoms with Crippen molar-refractivity contribution in [1.82, 2.24) is 25.5 Å². The van der Waals surface area contributed by atoms with Crippen LogP contribution in [0.3, 0.4) is 0 Å². The summed E-state index contributed by atoms with van der Waals surface area (Å²) in [6.45, 7) is 0. The molecular weight excluding hydrogens is 356 g/mol. The minimum Gasteiger partial charge on any atom is -0.371 e. The fourth-order valence-electron chi connectivity index (χ4n) is 3.42. The van der Waals surface area contributed by atoms with Crippen molar-refractivity contribution >= 4 is 11.7 Å². The van der Waals surface area contributed by atoms with Gasteiger partial charge in [-0.3, -0.25) is 15.0 Å². The first-order valence-electron chi connectivity index (χ1n) is 9.23. The number of carbonyl (C=O) groups is 1. The highest BCUT2D eigenvalue weighted by molar-refractivity contribution is 5.97. The number of H-pyrrole nitrogens is 1. The number of anilines is 1. The fourth-order valence-corrected chi connectivity index (χ4v) is 3.42. The van der Waals surface area contributed by atoms with Gasteiger partial charge in [0.05, 0.1) is 6.04 Å². The number of aliphatic hydroxyl groups is 1. The van der Waals surface area contributed by atoms with Gasteiger partial charge in [0.2, 0.25) is 5.91 Å². The van der Waals surface area contributed by atoms with E-state index < -0.39 is 12.3 Å². The number of carbonyl (C=O) groups excluding carboxylic acids is 1. The minimum atomic E-state index is -1.12. The summed E-state index contributed by atoms with van der Waals surface area (Å²) in [6, 6.07) is 13.2. The molecule has 8 heteroatoms. The van der Waals surface area contributed by atoms with Crippen LogP contribution in [0.15, 0.2) is 48.7 Å². The molecular formula is C20H22N6O2. The lowest BCUT2D eigenvalue weighted by atomic mass is 10.1. The Labute approximate surface area is 162 Å². The van der Waals surface area contributed by atoms with Crippen LogP contribution in [0.2, 0.25) is 0 Å². The molecule has 1 unspecified atom stereocenters. The summed E-state index contributed by atoms with van der Waals surface area (Å²) in [5.41, 5.74) is 2.11. The van der Waals surface area contributed by atoms with Crippen molar-refractivity contribution in [1.29, 1.82) is 0 Å². The van der Waals surface area contributed by atoms with Gasteiger partial charge in [-0.25, -0.2) is 4.98 Å². The van der Waals surface area contributed by atoms with Crippen molar-refractivity contribution in [3.05, 3.63) is 71.4 Å². The van der Waals surface area contributed by atoms with E-state index in [1.165, 1.54) is 4.90 Å².